The molecule has 0 saturated carbocycles. The average Bonchev–Trinajstić information content (AvgIpc) is 2.43. The molecule has 0 unspecified atom stereocenters. The van der Waals surface area contributed by atoms with Crippen LogP contribution in [0.15, 0.2) is 30.6 Å². The standard InChI is InChI=1S/C15H15ClN2O2/c1-9-4-5-13(10(2)14(9)20-3)18-15(19)11-6-7-17-8-12(11)16/h4-8H,1-3H3,(H,18,19). The summed E-state index contributed by atoms with van der Waals surface area (Å²) in [5.41, 5.74) is 2.99. The van der Waals surface area contributed by atoms with Gasteiger partial charge in [-0.3, -0.25) is 9.78 Å². The van der Waals surface area contributed by atoms with Gasteiger partial charge in [-0.1, -0.05) is 17.7 Å². The number of hydrogen-bond acceptors (Lipinski definition) is 3. The van der Waals surface area contributed by atoms with Crippen molar-refractivity contribution in [3.05, 3.63) is 52.3 Å². The summed E-state index contributed by atoms with van der Waals surface area (Å²) in [5.74, 6) is 0.495. The fraction of sp³-hybridized carbons (Fsp3) is 0.200. The number of aryl methyl sites for hydroxylation is 1. The number of amides is 1. The van der Waals surface area contributed by atoms with E-state index in [-0.39, 0.29) is 5.91 Å². The molecule has 0 atom stereocenters. The first-order chi connectivity index (χ1) is 9.54. The Morgan fingerprint density at radius 3 is 2.70 bits per heavy atom. The molecule has 0 radical (unpaired) electrons. The van der Waals surface area contributed by atoms with Crippen molar-refractivity contribution in [2.75, 3.05) is 12.4 Å². The molecule has 5 heteroatoms. The van der Waals surface area contributed by atoms with E-state index < -0.39 is 0 Å². The summed E-state index contributed by atoms with van der Waals surface area (Å²) in [6.45, 7) is 3.85. The molecule has 0 saturated heterocycles. The lowest BCUT2D eigenvalue weighted by atomic mass is 10.1. The molecular formula is C15H15ClN2O2. The van der Waals surface area contributed by atoms with Gasteiger partial charge in [-0.2, -0.15) is 0 Å². The van der Waals surface area contributed by atoms with E-state index in [1.54, 1.807) is 13.2 Å². The molecule has 1 aromatic heterocycles. The number of carbonyl (C=O) groups excluding carboxylic acids is 1. The molecule has 1 amide bonds. The van der Waals surface area contributed by atoms with Crippen molar-refractivity contribution in [2.24, 2.45) is 0 Å². The normalized spacial score (nSPS) is 10.2. The van der Waals surface area contributed by atoms with Crippen LogP contribution in [-0.4, -0.2) is 18.0 Å². The molecule has 1 N–H and O–H groups in total. The smallest absolute Gasteiger partial charge is 0.257 e. The first-order valence-electron chi connectivity index (χ1n) is 6.09. The van der Waals surface area contributed by atoms with Crippen LogP contribution < -0.4 is 10.1 Å². The molecule has 1 aromatic carbocycles. The molecule has 20 heavy (non-hydrogen) atoms. The number of nitrogens with zero attached hydrogens (tertiary/aromatic N) is 1. The number of anilines is 1. The molecule has 0 fully saturated rings. The van der Waals surface area contributed by atoms with E-state index in [0.29, 0.717) is 16.3 Å². The number of nitrogens with one attached hydrogen (secondary N) is 1. The van der Waals surface area contributed by atoms with E-state index in [1.807, 2.05) is 26.0 Å². The van der Waals surface area contributed by atoms with Gasteiger partial charge in [0.25, 0.3) is 5.91 Å². The van der Waals surface area contributed by atoms with Gasteiger partial charge in [0.05, 0.1) is 17.7 Å². The average molecular weight is 291 g/mol. The van der Waals surface area contributed by atoms with Gasteiger partial charge < -0.3 is 10.1 Å². The summed E-state index contributed by atoms with van der Waals surface area (Å²) in [6, 6.07) is 5.33. The van der Waals surface area contributed by atoms with Crippen LogP contribution in [0.1, 0.15) is 21.5 Å². The number of hydrogen-bond donors (Lipinski definition) is 1. The fourth-order valence-corrected chi connectivity index (χ4v) is 2.23. The molecule has 0 aliphatic heterocycles. The van der Waals surface area contributed by atoms with Crippen LogP contribution in [0.3, 0.4) is 0 Å². The number of benzene rings is 1. The van der Waals surface area contributed by atoms with Crippen LogP contribution in [-0.2, 0) is 0 Å². The number of ether oxygens (including phenoxy) is 1. The highest BCUT2D eigenvalue weighted by atomic mass is 35.5. The van der Waals surface area contributed by atoms with Crippen LogP contribution >= 0.6 is 11.6 Å². The predicted molar refractivity (Wildman–Crippen MR) is 79.7 cm³/mol. The Labute approximate surface area is 122 Å². The molecule has 2 rings (SSSR count). The zero-order chi connectivity index (χ0) is 14.7. The first kappa shape index (κ1) is 14.3. The Balaban J connectivity index is 2.32. The van der Waals surface area contributed by atoms with Crippen molar-refractivity contribution in [1.29, 1.82) is 0 Å². The van der Waals surface area contributed by atoms with Crippen LogP contribution in [0.5, 0.6) is 5.75 Å². The van der Waals surface area contributed by atoms with E-state index >= 15 is 0 Å². The van der Waals surface area contributed by atoms with E-state index in [4.69, 9.17) is 16.3 Å². The van der Waals surface area contributed by atoms with Gasteiger partial charge in [0.1, 0.15) is 5.75 Å². The summed E-state index contributed by atoms with van der Waals surface area (Å²) >= 11 is 5.96. The highest BCUT2D eigenvalue weighted by Gasteiger charge is 2.13. The molecule has 0 aliphatic rings. The Morgan fingerprint density at radius 2 is 2.05 bits per heavy atom. The van der Waals surface area contributed by atoms with Crippen molar-refractivity contribution in [3.63, 3.8) is 0 Å². The second-order valence-corrected chi connectivity index (χ2v) is 4.81. The van der Waals surface area contributed by atoms with E-state index in [9.17, 15) is 4.79 Å². The van der Waals surface area contributed by atoms with E-state index in [2.05, 4.69) is 10.3 Å². The fourth-order valence-electron chi connectivity index (χ4n) is 2.03. The monoisotopic (exact) mass is 290 g/mol. The molecular weight excluding hydrogens is 276 g/mol. The van der Waals surface area contributed by atoms with Gasteiger partial charge in [0, 0.05) is 23.6 Å². The lowest BCUT2D eigenvalue weighted by Gasteiger charge is -2.14. The molecule has 0 spiro atoms. The molecule has 1 heterocycles. The highest BCUT2D eigenvalue weighted by molar-refractivity contribution is 6.34. The maximum atomic E-state index is 12.2. The van der Waals surface area contributed by atoms with Gasteiger partial charge in [0.15, 0.2) is 0 Å². The third-order valence-electron chi connectivity index (χ3n) is 3.07. The van der Waals surface area contributed by atoms with Crippen molar-refractivity contribution < 1.29 is 9.53 Å². The van der Waals surface area contributed by atoms with Crippen molar-refractivity contribution >= 4 is 23.2 Å². The van der Waals surface area contributed by atoms with E-state index in [0.717, 1.165) is 16.9 Å². The van der Waals surface area contributed by atoms with Crippen LogP contribution in [0, 0.1) is 13.8 Å². The Bertz CT molecular complexity index is 656. The quantitative estimate of drug-likeness (QED) is 0.939. The minimum Gasteiger partial charge on any atom is -0.496 e. The highest BCUT2D eigenvalue weighted by Crippen LogP contribution is 2.29. The Hall–Kier alpha value is -2.07. The second kappa shape index (κ2) is 5.92. The number of rotatable bonds is 3. The number of carbonyl (C=O) groups is 1. The van der Waals surface area contributed by atoms with Gasteiger partial charge in [-0.25, -0.2) is 0 Å². The van der Waals surface area contributed by atoms with Crippen molar-refractivity contribution in [2.45, 2.75) is 13.8 Å². The number of aromatic nitrogens is 1. The molecule has 2 aromatic rings. The Kier molecular flexibility index (Phi) is 4.25. The number of methoxy groups -OCH3 is 1. The van der Waals surface area contributed by atoms with Gasteiger partial charge in [0.2, 0.25) is 0 Å². The van der Waals surface area contributed by atoms with Gasteiger partial charge >= 0.3 is 0 Å². The van der Waals surface area contributed by atoms with E-state index in [1.165, 1.54) is 12.4 Å². The van der Waals surface area contributed by atoms with Crippen molar-refractivity contribution in [3.8, 4) is 5.75 Å². The lowest BCUT2D eigenvalue weighted by Crippen LogP contribution is -2.14. The molecule has 0 aliphatic carbocycles. The third kappa shape index (κ3) is 2.75. The van der Waals surface area contributed by atoms with Crippen LogP contribution in [0.25, 0.3) is 0 Å². The minimum absolute atomic E-state index is 0.272. The maximum absolute atomic E-state index is 12.2. The van der Waals surface area contributed by atoms with Crippen LogP contribution in [0.2, 0.25) is 5.02 Å². The summed E-state index contributed by atoms with van der Waals surface area (Å²) in [5, 5.41) is 3.16. The maximum Gasteiger partial charge on any atom is 0.257 e. The molecule has 104 valence electrons. The SMILES string of the molecule is COc1c(C)ccc(NC(=O)c2ccncc2Cl)c1C. The predicted octanol–water partition coefficient (Wildman–Crippen LogP) is 3.61. The Morgan fingerprint density at radius 1 is 1.30 bits per heavy atom. The summed E-state index contributed by atoms with van der Waals surface area (Å²) < 4.78 is 5.34. The first-order valence-corrected chi connectivity index (χ1v) is 6.47. The van der Waals surface area contributed by atoms with Gasteiger partial charge in [-0.15, -0.1) is 0 Å². The minimum atomic E-state index is -0.272. The van der Waals surface area contributed by atoms with Crippen molar-refractivity contribution in [1.82, 2.24) is 4.98 Å². The van der Waals surface area contributed by atoms with Gasteiger partial charge in [-0.05, 0) is 31.5 Å². The number of halogens is 1. The lowest BCUT2D eigenvalue weighted by molar-refractivity contribution is 0.102. The summed E-state index contributed by atoms with van der Waals surface area (Å²) in [7, 11) is 1.61. The zero-order valence-electron chi connectivity index (χ0n) is 11.5. The topological polar surface area (TPSA) is 51.2 Å². The molecule has 4 nitrogen and oxygen atoms in total. The second-order valence-electron chi connectivity index (χ2n) is 4.40. The zero-order valence-corrected chi connectivity index (χ0v) is 12.3. The third-order valence-corrected chi connectivity index (χ3v) is 3.37. The molecule has 0 bridgehead atoms. The largest absolute Gasteiger partial charge is 0.496 e. The summed E-state index contributed by atoms with van der Waals surface area (Å²) in [4.78, 5) is 16.1. The number of pyridine rings is 1. The summed E-state index contributed by atoms with van der Waals surface area (Å²) in [6.07, 6.45) is 2.97. The van der Waals surface area contributed by atoms with Crippen LogP contribution in [0.4, 0.5) is 5.69 Å².